The van der Waals surface area contributed by atoms with E-state index in [1.807, 2.05) is 24.3 Å². The maximum Gasteiger partial charge on any atom is 0.191 e. The number of nitrogens with one attached hydrogen (secondary N) is 2. The lowest BCUT2D eigenvalue weighted by Crippen LogP contribution is -2.46. The Bertz CT molecular complexity index is 769. The Morgan fingerprint density at radius 3 is 2.55 bits per heavy atom. The predicted molar refractivity (Wildman–Crippen MR) is 124 cm³/mol. The third-order valence-electron chi connectivity index (χ3n) is 5.31. The highest BCUT2D eigenvalue weighted by molar-refractivity contribution is 5.79. The van der Waals surface area contributed by atoms with Crippen LogP contribution >= 0.6 is 0 Å². The third kappa shape index (κ3) is 7.60. The molecule has 0 radical (unpaired) electrons. The summed E-state index contributed by atoms with van der Waals surface area (Å²) in [5, 5.41) is 7.03. The molecule has 31 heavy (non-hydrogen) atoms. The van der Waals surface area contributed by atoms with Crippen LogP contribution in [0.25, 0.3) is 0 Å². The van der Waals surface area contributed by atoms with Crippen molar-refractivity contribution in [2.75, 3.05) is 53.0 Å². The number of furan rings is 1. The fourth-order valence-corrected chi connectivity index (χ4v) is 3.57. The van der Waals surface area contributed by atoms with Gasteiger partial charge in [0.05, 0.1) is 32.6 Å². The van der Waals surface area contributed by atoms with Crippen LogP contribution in [0.15, 0.2) is 52.1 Å². The van der Waals surface area contributed by atoms with Gasteiger partial charge in [-0.3, -0.25) is 9.89 Å². The van der Waals surface area contributed by atoms with Gasteiger partial charge in [-0.2, -0.15) is 0 Å². The van der Waals surface area contributed by atoms with Gasteiger partial charge in [-0.25, -0.2) is 0 Å². The molecule has 1 aromatic heterocycles. The molecule has 2 heterocycles. The zero-order valence-corrected chi connectivity index (χ0v) is 19.0. The first-order chi connectivity index (χ1) is 15.2. The van der Waals surface area contributed by atoms with E-state index in [2.05, 4.69) is 41.5 Å². The Hall–Kier alpha value is -2.51. The minimum Gasteiger partial charge on any atom is -0.497 e. The Morgan fingerprint density at radius 2 is 1.90 bits per heavy atom. The second-order valence-electron chi connectivity index (χ2n) is 8.16. The van der Waals surface area contributed by atoms with Gasteiger partial charge in [0.15, 0.2) is 5.96 Å². The van der Waals surface area contributed by atoms with Gasteiger partial charge in [0.25, 0.3) is 0 Å². The minimum atomic E-state index is 0.228. The lowest BCUT2D eigenvalue weighted by Gasteiger charge is -2.35. The zero-order valence-electron chi connectivity index (χ0n) is 19.0. The van der Waals surface area contributed by atoms with Crippen LogP contribution in [-0.2, 0) is 11.2 Å². The van der Waals surface area contributed by atoms with E-state index in [0.29, 0.717) is 5.92 Å². The van der Waals surface area contributed by atoms with Gasteiger partial charge in [0.1, 0.15) is 11.5 Å². The maximum absolute atomic E-state index is 5.57. The second-order valence-corrected chi connectivity index (χ2v) is 8.16. The van der Waals surface area contributed by atoms with Gasteiger partial charge < -0.3 is 24.5 Å². The Kier molecular flexibility index (Phi) is 9.24. The average molecular weight is 429 g/mol. The highest BCUT2D eigenvalue weighted by Gasteiger charge is 2.23. The van der Waals surface area contributed by atoms with Gasteiger partial charge >= 0.3 is 0 Å². The van der Waals surface area contributed by atoms with Crippen molar-refractivity contribution in [1.29, 1.82) is 0 Å². The molecule has 1 aromatic carbocycles. The molecule has 170 valence electrons. The molecule has 7 nitrogen and oxygen atoms in total. The lowest BCUT2D eigenvalue weighted by atomic mass is 10.0. The summed E-state index contributed by atoms with van der Waals surface area (Å²) >= 11 is 0. The molecular formula is C24H36N4O3. The average Bonchev–Trinajstić information content (AvgIpc) is 3.31. The first kappa shape index (κ1) is 23.2. The van der Waals surface area contributed by atoms with Gasteiger partial charge in [-0.05, 0) is 35.7 Å². The van der Waals surface area contributed by atoms with E-state index in [1.54, 1.807) is 13.4 Å². The van der Waals surface area contributed by atoms with Crippen LogP contribution in [0.1, 0.15) is 31.2 Å². The van der Waals surface area contributed by atoms with Crippen LogP contribution in [0.4, 0.5) is 0 Å². The number of hydrogen-bond acceptors (Lipinski definition) is 5. The standard InChI is InChI=1S/C24H36N4O3/c1-19(2)17-26-24(25-11-10-22-5-4-14-31-22)27-18-23(28-12-15-30-16-13-28)20-6-8-21(29-3)9-7-20/h4-9,14,19,23H,10-13,15-18H2,1-3H3,(H2,25,26,27). The summed E-state index contributed by atoms with van der Waals surface area (Å²) in [6, 6.07) is 12.5. The molecule has 0 bridgehead atoms. The number of benzene rings is 1. The molecule has 1 fully saturated rings. The Balaban J connectivity index is 1.66. The van der Waals surface area contributed by atoms with Crippen molar-refractivity contribution < 1.29 is 13.9 Å². The van der Waals surface area contributed by atoms with Crippen LogP contribution in [0.5, 0.6) is 5.75 Å². The third-order valence-corrected chi connectivity index (χ3v) is 5.31. The lowest BCUT2D eigenvalue weighted by molar-refractivity contribution is 0.0170. The van der Waals surface area contributed by atoms with Crippen molar-refractivity contribution in [2.45, 2.75) is 26.3 Å². The first-order valence-electron chi connectivity index (χ1n) is 11.2. The van der Waals surface area contributed by atoms with E-state index in [-0.39, 0.29) is 6.04 Å². The smallest absolute Gasteiger partial charge is 0.191 e. The minimum absolute atomic E-state index is 0.228. The molecule has 1 saturated heterocycles. The van der Waals surface area contributed by atoms with Gasteiger partial charge in [0, 0.05) is 39.1 Å². The summed E-state index contributed by atoms with van der Waals surface area (Å²) in [4.78, 5) is 7.25. The molecule has 0 saturated carbocycles. The summed E-state index contributed by atoms with van der Waals surface area (Å²) in [6.07, 6.45) is 2.53. The maximum atomic E-state index is 5.57. The molecule has 3 rings (SSSR count). The van der Waals surface area contributed by atoms with Gasteiger partial charge in [0.2, 0.25) is 0 Å². The number of aliphatic imine (C=N–C) groups is 1. The summed E-state index contributed by atoms with van der Waals surface area (Å²) in [5.41, 5.74) is 1.26. The highest BCUT2D eigenvalue weighted by Crippen LogP contribution is 2.23. The zero-order chi connectivity index (χ0) is 21.9. The van der Waals surface area contributed by atoms with Crippen molar-refractivity contribution in [2.24, 2.45) is 10.9 Å². The fourth-order valence-electron chi connectivity index (χ4n) is 3.57. The van der Waals surface area contributed by atoms with Crippen LogP contribution < -0.4 is 15.4 Å². The van der Waals surface area contributed by atoms with E-state index >= 15 is 0 Å². The largest absolute Gasteiger partial charge is 0.497 e. The van der Waals surface area contributed by atoms with E-state index in [4.69, 9.17) is 18.9 Å². The second kappa shape index (κ2) is 12.4. The first-order valence-corrected chi connectivity index (χ1v) is 11.2. The Labute approximate surface area is 185 Å². The SMILES string of the molecule is COc1ccc(C(CNC(=NCC(C)C)NCCc2ccco2)N2CCOCC2)cc1. The van der Waals surface area contributed by atoms with E-state index in [0.717, 1.165) is 69.8 Å². The molecule has 1 unspecified atom stereocenters. The predicted octanol–water partition coefficient (Wildman–Crippen LogP) is 3.10. The van der Waals surface area contributed by atoms with Crippen LogP contribution in [-0.4, -0.2) is 63.9 Å². The number of nitrogens with zero attached hydrogens (tertiary/aromatic N) is 2. The number of rotatable bonds is 10. The number of methoxy groups -OCH3 is 1. The Morgan fingerprint density at radius 1 is 1.13 bits per heavy atom. The molecule has 1 aliphatic heterocycles. The van der Waals surface area contributed by atoms with Crippen molar-refractivity contribution in [3.05, 3.63) is 54.0 Å². The number of morpholine rings is 1. The van der Waals surface area contributed by atoms with Crippen LogP contribution in [0.2, 0.25) is 0 Å². The molecular weight excluding hydrogens is 392 g/mol. The summed E-state index contributed by atoms with van der Waals surface area (Å²) in [5.74, 6) is 3.18. The van der Waals surface area contributed by atoms with Crippen LogP contribution in [0.3, 0.4) is 0 Å². The fraction of sp³-hybridized carbons (Fsp3) is 0.542. The van der Waals surface area contributed by atoms with Crippen molar-refractivity contribution in [3.8, 4) is 5.75 Å². The molecule has 2 aromatic rings. The summed E-state index contributed by atoms with van der Waals surface area (Å²) < 4.78 is 16.3. The van der Waals surface area contributed by atoms with Crippen molar-refractivity contribution in [3.63, 3.8) is 0 Å². The van der Waals surface area contributed by atoms with E-state index in [9.17, 15) is 0 Å². The van der Waals surface area contributed by atoms with Crippen LogP contribution in [0, 0.1) is 5.92 Å². The van der Waals surface area contributed by atoms with Gasteiger partial charge in [-0.1, -0.05) is 26.0 Å². The van der Waals surface area contributed by atoms with Gasteiger partial charge in [-0.15, -0.1) is 0 Å². The molecule has 0 spiro atoms. The number of ether oxygens (including phenoxy) is 2. The number of hydrogen-bond donors (Lipinski definition) is 2. The van der Waals surface area contributed by atoms with E-state index in [1.165, 1.54) is 5.56 Å². The number of guanidine groups is 1. The normalized spacial score (nSPS) is 16.3. The topological polar surface area (TPSA) is 71.3 Å². The molecule has 2 N–H and O–H groups in total. The van der Waals surface area contributed by atoms with Crippen molar-refractivity contribution in [1.82, 2.24) is 15.5 Å². The summed E-state index contributed by atoms with van der Waals surface area (Å²) in [7, 11) is 1.70. The molecule has 0 amide bonds. The molecule has 0 aliphatic carbocycles. The molecule has 1 atom stereocenters. The molecule has 1 aliphatic rings. The van der Waals surface area contributed by atoms with E-state index < -0.39 is 0 Å². The van der Waals surface area contributed by atoms with Crippen molar-refractivity contribution >= 4 is 5.96 Å². The quantitative estimate of drug-likeness (QED) is 0.448. The summed E-state index contributed by atoms with van der Waals surface area (Å²) in [6.45, 7) is 10.0. The molecule has 7 heteroatoms. The monoisotopic (exact) mass is 428 g/mol. The highest BCUT2D eigenvalue weighted by atomic mass is 16.5.